The third-order valence-electron chi connectivity index (χ3n) is 4.28. The van der Waals surface area contributed by atoms with Crippen LogP contribution in [0.25, 0.3) is 0 Å². The summed E-state index contributed by atoms with van der Waals surface area (Å²) in [5.41, 5.74) is -0.427. The van der Waals surface area contributed by atoms with Gasteiger partial charge >= 0.3 is 12.8 Å². The molecule has 6 nitrogen and oxygen atoms in total. The highest BCUT2D eigenvalue weighted by molar-refractivity contribution is 6.62. The van der Waals surface area contributed by atoms with Crippen molar-refractivity contribution in [1.29, 1.82) is 0 Å². The number of rotatable bonds is 5. The van der Waals surface area contributed by atoms with E-state index >= 15 is 0 Å². The number of nitro benzene ring substituents is 1. The number of hydrogen-bond donors (Lipinski definition) is 0. The summed E-state index contributed by atoms with van der Waals surface area (Å²) < 4.78 is 17.4. The maximum atomic E-state index is 11.3. The van der Waals surface area contributed by atoms with Crippen LogP contribution in [0.5, 0.6) is 5.75 Å². The van der Waals surface area contributed by atoms with Crippen LogP contribution < -0.4 is 10.2 Å². The smallest absolute Gasteiger partial charge is 0.487 e. The predicted octanol–water partition coefficient (Wildman–Crippen LogP) is 2.93. The standard InChI is InChI=1S/C16H24BNO5/c1-11(2)10-21-14-8-7-12(9-13(14)18(19)20)17-22-15(3,4)16(5,6)23-17/h7-9,11H,10H2,1-6H3. The minimum atomic E-state index is -0.627. The first kappa shape index (κ1) is 17.8. The maximum Gasteiger partial charge on any atom is 0.495 e. The van der Waals surface area contributed by atoms with Crippen molar-refractivity contribution in [3.8, 4) is 5.75 Å². The van der Waals surface area contributed by atoms with E-state index < -0.39 is 23.2 Å². The minimum absolute atomic E-state index is 0.0714. The van der Waals surface area contributed by atoms with Gasteiger partial charge in [0, 0.05) is 6.07 Å². The van der Waals surface area contributed by atoms with Crippen molar-refractivity contribution < 1.29 is 19.0 Å². The second-order valence-electron chi connectivity index (χ2n) is 7.28. The highest BCUT2D eigenvalue weighted by Crippen LogP contribution is 2.37. The van der Waals surface area contributed by atoms with Crippen LogP contribution in [0.1, 0.15) is 41.5 Å². The molecule has 0 N–H and O–H groups in total. The predicted molar refractivity (Wildman–Crippen MR) is 89.1 cm³/mol. The van der Waals surface area contributed by atoms with Crippen molar-refractivity contribution in [3.63, 3.8) is 0 Å². The Kier molecular flexibility index (Phi) is 4.73. The molecule has 0 saturated carbocycles. The summed E-state index contributed by atoms with van der Waals surface area (Å²) in [7, 11) is -0.627. The fraction of sp³-hybridized carbons (Fsp3) is 0.625. The molecule has 126 valence electrons. The third-order valence-corrected chi connectivity index (χ3v) is 4.28. The largest absolute Gasteiger partial charge is 0.495 e. The molecule has 0 spiro atoms. The van der Waals surface area contributed by atoms with Gasteiger partial charge in [-0.2, -0.15) is 0 Å². The van der Waals surface area contributed by atoms with Crippen molar-refractivity contribution in [3.05, 3.63) is 28.3 Å². The van der Waals surface area contributed by atoms with E-state index in [4.69, 9.17) is 14.0 Å². The first-order valence-corrected chi connectivity index (χ1v) is 7.80. The van der Waals surface area contributed by atoms with Gasteiger partial charge in [0.1, 0.15) is 0 Å². The monoisotopic (exact) mass is 321 g/mol. The zero-order valence-corrected chi connectivity index (χ0v) is 14.6. The van der Waals surface area contributed by atoms with E-state index in [-0.39, 0.29) is 17.4 Å². The van der Waals surface area contributed by atoms with Crippen molar-refractivity contribution in [2.24, 2.45) is 5.92 Å². The highest BCUT2D eigenvalue weighted by atomic mass is 16.7. The highest BCUT2D eigenvalue weighted by Gasteiger charge is 2.52. The Morgan fingerprint density at radius 3 is 2.26 bits per heavy atom. The van der Waals surface area contributed by atoms with Crippen molar-refractivity contribution in [2.45, 2.75) is 52.7 Å². The van der Waals surface area contributed by atoms with Gasteiger partial charge in [0.05, 0.1) is 22.7 Å². The molecule has 2 rings (SSSR count). The number of ether oxygens (including phenoxy) is 1. The molecule has 0 unspecified atom stereocenters. The summed E-state index contributed by atoms with van der Waals surface area (Å²) in [4.78, 5) is 10.9. The van der Waals surface area contributed by atoms with E-state index in [0.29, 0.717) is 12.1 Å². The molecule has 0 bridgehead atoms. The summed E-state index contributed by atoms with van der Waals surface area (Å²) in [5, 5.41) is 11.3. The zero-order valence-electron chi connectivity index (χ0n) is 14.6. The second kappa shape index (κ2) is 6.13. The van der Waals surface area contributed by atoms with Gasteiger partial charge in [0.25, 0.3) is 0 Å². The van der Waals surface area contributed by atoms with Crippen LogP contribution in [0.4, 0.5) is 5.69 Å². The van der Waals surface area contributed by atoms with Gasteiger partial charge in [-0.25, -0.2) is 0 Å². The lowest BCUT2D eigenvalue weighted by atomic mass is 9.79. The number of benzene rings is 1. The second-order valence-corrected chi connectivity index (χ2v) is 7.28. The summed E-state index contributed by atoms with van der Waals surface area (Å²) in [6, 6.07) is 4.84. The van der Waals surface area contributed by atoms with Crippen LogP contribution in [0, 0.1) is 16.0 Å². The number of nitro groups is 1. The molecule has 0 amide bonds. The van der Waals surface area contributed by atoms with Crippen LogP contribution in [0.15, 0.2) is 18.2 Å². The number of hydrogen-bond acceptors (Lipinski definition) is 5. The summed E-state index contributed by atoms with van der Waals surface area (Å²) in [5.74, 6) is 0.557. The molecule has 1 saturated heterocycles. The summed E-state index contributed by atoms with van der Waals surface area (Å²) >= 11 is 0. The van der Waals surface area contributed by atoms with Gasteiger partial charge in [-0.3, -0.25) is 10.1 Å². The van der Waals surface area contributed by atoms with E-state index in [9.17, 15) is 10.1 Å². The fourth-order valence-electron chi connectivity index (χ4n) is 2.18. The molecule has 1 aliphatic heterocycles. The van der Waals surface area contributed by atoms with Crippen LogP contribution in [-0.4, -0.2) is 29.9 Å². The quantitative estimate of drug-likeness (QED) is 0.474. The van der Waals surface area contributed by atoms with Crippen molar-refractivity contribution in [1.82, 2.24) is 0 Å². The molecule has 23 heavy (non-hydrogen) atoms. The van der Waals surface area contributed by atoms with Gasteiger partial charge < -0.3 is 14.0 Å². The molecular weight excluding hydrogens is 297 g/mol. The molecule has 0 atom stereocenters. The van der Waals surface area contributed by atoms with Gasteiger partial charge in [-0.05, 0) is 45.1 Å². The number of nitrogens with zero attached hydrogens (tertiary/aromatic N) is 1. The Morgan fingerprint density at radius 1 is 1.22 bits per heavy atom. The Balaban J connectivity index is 2.28. The SMILES string of the molecule is CC(C)COc1ccc(B2OC(C)(C)C(C)(C)O2)cc1[N+](=O)[O-]. The molecule has 0 aromatic heterocycles. The normalized spacial score (nSPS) is 19.2. The zero-order chi connectivity index (χ0) is 17.4. The van der Waals surface area contributed by atoms with Gasteiger partial charge in [-0.1, -0.05) is 19.9 Å². The average molecular weight is 321 g/mol. The molecule has 1 heterocycles. The van der Waals surface area contributed by atoms with Crippen LogP contribution in [-0.2, 0) is 9.31 Å². The lowest BCUT2D eigenvalue weighted by molar-refractivity contribution is -0.385. The van der Waals surface area contributed by atoms with Crippen LogP contribution in [0.2, 0.25) is 0 Å². The van der Waals surface area contributed by atoms with E-state index in [2.05, 4.69) is 0 Å². The Labute approximate surface area is 137 Å². The van der Waals surface area contributed by atoms with Crippen molar-refractivity contribution >= 4 is 18.3 Å². The van der Waals surface area contributed by atoms with Gasteiger partial charge in [0.15, 0.2) is 5.75 Å². The molecule has 1 aliphatic rings. The third kappa shape index (κ3) is 3.67. The molecular formula is C16H24BNO5. The first-order valence-electron chi connectivity index (χ1n) is 7.80. The topological polar surface area (TPSA) is 70.8 Å². The van der Waals surface area contributed by atoms with E-state index in [1.54, 1.807) is 12.1 Å². The lowest BCUT2D eigenvalue weighted by Crippen LogP contribution is -2.41. The van der Waals surface area contributed by atoms with Crippen LogP contribution >= 0.6 is 0 Å². The fourth-order valence-corrected chi connectivity index (χ4v) is 2.18. The summed E-state index contributed by atoms with van der Waals surface area (Å²) in [6.07, 6.45) is 0. The molecule has 0 radical (unpaired) electrons. The molecule has 1 aromatic carbocycles. The van der Waals surface area contributed by atoms with Crippen LogP contribution in [0.3, 0.4) is 0 Å². The molecule has 0 aliphatic carbocycles. The molecule has 1 aromatic rings. The Hall–Kier alpha value is -1.60. The first-order chi connectivity index (χ1) is 10.5. The maximum absolute atomic E-state index is 11.3. The molecule has 1 fully saturated rings. The average Bonchev–Trinajstić information content (AvgIpc) is 2.64. The van der Waals surface area contributed by atoms with E-state index in [1.165, 1.54) is 6.07 Å². The van der Waals surface area contributed by atoms with Crippen molar-refractivity contribution in [2.75, 3.05) is 6.61 Å². The van der Waals surface area contributed by atoms with E-state index in [1.807, 2.05) is 41.5 Å². The minimum Gasteiger partial charge on any atom is -0.487 e. The van der Waals surface area contributed by atoms with Gasteiger partial charge in [-0.15, -0.1) is 0 Å². The Morgan fingerprint density at radius 2 is 1.78 bits per heavy atom. The lowest BCUT2D eigenvalue weighted by Gasteiger charge is -2.32. The summed E-state index contributed by atoms with van der Waals surface area (Å²) in [6.45, 7) is 12.2. The van der Waals surface area contributed by atoms with Gasteiger partial charge in [0.2, 0.25) is 0 Å². The molecule has 7 heteroatoms. The Bertz CT molecular complexity index is 584. The van der Waals surface area contributed by atoms with E-state index in [0.717, 1.165) is 0 Å².